The standard InChI is InChI=1S/C34H2BF21O2/c36-3-1-2-4(37)33(14(3)38)57-35(13-7(15(39)27(51)30(54)25(13)49)11-21(45)28(52)31(55)29(53)22(11)46)58-34-12-6-5-8(16(40)17(41)10(6)23(47)32(34)56)19(43)26(50)20(44)9(5)18(42)24(12)48/h1-2H. The first kappa shape index (κ1) is 40.0. The second kappa shape index (κ2) is 13.4. The van der Waals surface area contributed by atoms with E-state index >= 15 is 43.9 Å². The Bertz CT molecular complexity index is 2940. The summed E-state index contributed by atoms with van der Waals surface area (Å²) in [6.45, 7) is 0. The van der Waals surface area contributed by atoms with E-state index in [0.717, 1.165) is 0 Å². The number of hydrogen-bond donors (Lipinski definition) is 0. The summed E-state index contributed by atoms with van der Waals surface area (Å²) < 4.78 is 325. The van der Waals surface area contributed by atoms with Crippen molar-refractivity contribution in [3.8, 4) is 22.6 Å². The molecule has 300 valence electrons. The van der Waals surface area contributed by atoms with Crippen molar-refractivity contribution in [3.63, 3.8) is 0 Å². The molecular formula is C34H2BF21O2. The fourth-order valence-corrected chi connectivity index (χ4v) is 6.12. The topological polar surface area (TPSA) is 18.5 Å². The SMILES string of the molecule is Fc1ccc(F)c(OB(Oc2c(F)c(F)c3c(F)c(F)c4c(F)c(F)c(F)c5c(F)c(F)c2c3c45)c2c(F)c(F)c(F)c(F)c2-c2c(F)c(F)c(F)c(F)c2F)c1F. The zero-order valence-corrected chi connectivity index (χ0v) is 26.5. The highest BCUT2D eigenvalue weighted by Crippen LogP contribution is 2.49. The van der Waals surface area contributed by atoms with Crippen molar-refractivity contribution in [1.82, 2.24) is 0 Å². The molecule has 24 heteroatoms. The fraction of sp³-hybridized carbons (Fsp3) is 0. The van der Waals surface area contributed by atoms with Gasteiger partial charge in [-0.05, 0) is 12.1 Å². The fourth-order valence-electron chi connectivity index (χ4n) is 6.12. The predicted molar refractivity (Wildman–Crippen MR) is 154 cm³/mol. The van der Waals surface area contributed by atoms with Crippen molar-refractivity contribution in [3.05, 3.63) is 134 Å². The molecule has 0 amide bonds. The molecule has 58 heavy (non-hydrogen) atoms. The molecule has 0 saturated heterocycles. The molecule has 0 saturated carbocycles. The van der Waals surface area contributed by atoms with E-state index in [4.69, 9.17) is 4.65 Å². The van der Waals surface area contributed by atoms with Crippen LogP contribution in [0.3, 0.4) is 0 Å². The van der Waals surface area contributed by atoms with E-state index in [-0.39, 0.29) is 12.1 Å². The number of halogens is 21. The van der Waals surface area contributed by atoms with Crippen molar-refractivity contribution in [2.75, 3.05) is 0 Å². The minimum Gasteiger partial charge on any atom is -0.519 e. The van der Waals surface area contributed by atoms with Crippen LogP contribution in [-0.2, 0) is 0 Å². The van der Waals surface area contributed by atoms with E-state index < -0.39 is 190 Å². The monoisotopic (exact) mass is 852 g/mol. The smallest absolute Gasteiger partial charge is 0.519 e. The molecule has 0 bridgehead atoms. The molecule has 0 atom stereocenters. The number of benzene rings is 7. The highest BCUT2D eigenvalue weighted by molar-refractivity contribution is 6.64. The van der Waals surface area contributed by atoms with Gasteiger partial charge in [-0.2, -0.15) is 8.78 Å². The number of hydrogen-bond acceptors (Lipinski definition) is 2. The van der Waals surface area contributed by atoms with Gasteiger partial charge in [0.15, 0.2) is 122 Å². The van der Waals surface area contributed by atoms with Crippen LogP contribution in [0.15, 0.2) is 12.1 Å². The molecule has 7 aromatic carbocycles. The Hall–Kier alpha value is -6.23. The summed E-state index contributed by atoms with van der Waals surface area (Å²) in [6, 6.07) is -0.114. The normalized spacial score (nSPS) is 11.9. The maximum absolute atomic E-state index is 16.0. The Morgan fingerprint density at radius 1 is 0.259 bits per heavy atom. The minimum atomic E-state index is -4.15. The summed E-state index contributed by atoms with van der Waals surface area (Å²) in [6.07, 6.45) is 0. The predicted octanol–water partition coefficient (Wildman–Crippen LogP) is 11.0. The first-order chi connectivity index (χ1) is 27.1. The van der Waals surface area contributed by atoms with Crippen LogP contribution in [0.25, 0.3) is 43.4 Å². The third-order valence-corrected chi connectivity index (χ3v) is 8.63. The van der Waals surface area contributed by atoms with Gasteiger partial charge in [-0.3, -0.25) is 0 Å². The lowest BCUT2D eigenvalue weighted by Crippen LogP contribution is -2.47. The summed E-state index contributed by atoms with van der Waals surface area (Å²) in [7, 11) is -4.15. The van der Waals surface area contributed by atoms with Crippen LogP contribution in [-0.4, -0.2) is 7.12 Å². The van der Waals surface area contributed by atoms with Gasteiger partial charge in [0.05, 0.1) is 32.6 Å². The van der Waals surface area contributed by atoms with Gasteiger partial charge < -0.3 is 9.31 Å². The first-order valence-corrected chi connectivity index (χ1v) is 14.8. The van der Waals surface area contributed by atoms with Crippen molar-refractivity contribution >= 4 is 44.9 Å². The van der Waals surface area contributed by atoms with Gasteiger partial charge in [0.1, 0.15) is 0 Å². The highest BCUT2D eigenvalue weighted by atomic mass is 19.2. The van der Waals surface area contributed by atoms with Gasteiger partial charge in [0.2, 0.25) is 11.6 Å². The quantitative estimate of drug-likeness (QED) is 0.0546. The van der Waals surface area contributed by atoms with Gasteiger partial charge in [-0.1, -0.05) is 0 Å². The molecule has 7 rings (SSSR count). The minimum absolute atomic E-state index is 0.0334. The zero-order valence-electron chi connectivity index (χ0n) is 26.5. The molecule has 2 nitrogen and oxygen atoms in total. The van der Waals surface area contributed by atoms with Gasteiger partial charge >= 0.3 is 7.12 Å². The Kier molecular flexibility index (Phi) is 9.26. The van der Waals surface area contributed by atoms with Crippen LogP contribution in [0, 0.1) is 122 Å². The lowest BCUT2D eigenvalue weighted by Gasteiger charge is -2.24. The molecule has 0 aliphatic heterocycles. The first-order valence-electron chi connectivity index (χ1n) is 14.8. The Morgan fingerprint density at radius 2 is 0.586 bits per heavy atom. The van der Waals surface area contributed by atoms with Gasteiger partial charge in [0.25, 0.3) is 0 Å². The largest absolute Gasteiger partial charge is 0.636 e. The Labute approximate surface area is 303 Å². The molecular weight excluding hydrogens is 850 g/mol. The van der Waals surface area contributed by atoms with Crippen molar-refractivity contribution in [2.24, 2.45) is 0 Å². The van der Waals surface area contributed by atoms with E-state index in [1.807, 2.05) is 0 Å². The Morgan fingerprint density at radius 3 is 1.09 bits per heavy atom. The van der Waals surface area contributed by atoms with Crippen LogP contribution in [0.5, 0.6) is 11.5 Å². The molecule has 0 radical (unpaired) electrons. The molecule has 0 heterocycles. The lowest BCUT2D eigenvalue weighted by molar-refractivity contribution is 0.367. The maximum atomic E-state index is 16.0. The van der Waals surface area contributed by atoms with Crippen LogP contribution < -0.4 is 14.8 Å². The van der Waals surface area contributed by atoms with Crippen molar-refractivity contribution in [1.29, 1.82) is 0 Å². The second-order valence-electron chi connectivity index (χ2n) is 11.6. The summed E-state index contributed by atoms with van der Waals surface area (Å²) in [5, 5.41) is -12.6. The average molecular weight is 852 g/mol. The maximum Gasteiger partial charge on any atom is 0.636 e. The molecule has 0 spiro atoms. The lowest BCUT2D eigenvalue weighted by atomic mass is 9.72. The average Bonchev–Trinajstić information content (AvgIpc) is 3.18. The third-order valence-electron chi connectivity index (χ3n) is 8.63. The molecule has 0 unspecified atom stereocenters. The van der Waals surface area contributed by atoms with Crippen LogP contribution in [0.1, 0.15) is 0 Å². The zero-order chi connectivity index (χ0) is 42.9. The summed E-state index contributed by atoms with van der Waals surface area (Å²) in [4.78, 5) is 0. The van der Waals surface area contributed by atoms with E-state index in [0.29, 0.717) is 0 Å². The second-order valence-corrected chi connectivity index (χ2v) is 11.6. The molecule has 0 aliphatic rings. The number of rotatable bonds is 6. The van der Waals surface area contributed by atoms with E-state index in [2.05, 4.69) is 4.65 Å². The molecule has 0 aliphatic carbocycles. The summed E-state index contributed by atoms with van der Waals surface area (Å²) in [5.74, 6) is -65.8. The Balaban J connectivity index is 1.68. The molecule has 0 fully saturated rings. The van der Waals surface area contributed by atoms with Crippen LogP contribution >= 0.6 is 0 Å². The van der Waals surface area contributed by atoms with Crippen molar-refractivity contribution < 1.29 is 102 Å². The van der Waals surface area contributed by atoms with Gasteiger partial charge in [0, 0.05) is 16.3 Å². The molecule has 0 N–H and O–H groups in total. The van der Waals surface area contributed by atoms with Gasteiger partial charge in [-0.25, -0.2) is 83.4 Å². The molecule has 7 aromatic rings. The van der Waals surface area contributed by atoms with E-state index in [1.165, 1.54) is 0 Å². The summed E-state index contributed by atoms with van der Waals surface area (Å²) in [5.41, 5.74) is -8.35. The van der Waals surface area contributed by atoms with Crippen LogP contribution in [0.2, 0.25) is 0 Å². The van der Waals surface area contributed by atoms with E-state index in [9.17, 15) is 48.3 Å². The summed E-state index contributed by atoms with van der Waals surface area (Å²) >= 11 is 0. The van der Waals surface area contributed by atoms with Gasteiger partial charge in [-0.15, -0.1) is 0 Å². The third kappa shape index (κ3) is 5.21. The highest BCUT2D eigenvalue weighted by Gasteiger charge is 2.45. The molecule has 0 aromatic heterocycles. The van der Waals surface area contributed by atoms with E-state index in [1.54, 1.807) is 0 Å². The van der Waals surface area contributed by atoms with Crippen molar-refractivity contribution in [2.45, 2.75) is 0 Å². The van der Waals surface area contributed by atoms with Crippen LogP contribution in [0.4, 0.5) is 92.2 Å².